The molecule has 0 radical (unpaired) electrons. The van der Waals surface area contributed by atoms with E-state index in [9.17, 15) is 4.79 Å². The number of rotatable bonds is 6. The number of fused-ring (bicyclic) bond motifs is 1. The number of hydrogen-bond donors (Lipinski definition) is 1. The highest BCUT2D eigenvalue weighted by molar-refractivity contribution is 5.79. The van der Waals surface area contributed by atoms with Gasteiger partial charge in [0.15, 0.2) is 0 Å². The highest BCUT2D eigenvalue weighted by atomic mass is 16.6. The molecule has 2 unspecified atom stereocenters. The molecule has 1 heterocycles. The van der Waals surface area contributed by atoms with Gasteiger partial charge in [-0.3, -0.25) is 9.69 Å². The van der Waals surface area contributed by atoms with Crippen molar-refractivity contribution in [1.29, 1.82) is 0 Å². The predicted octanol–water partition coefficient (Wildman–Crippen LogP) is 3.85. The lowest BCUT2D eigenvalue weighted by Crippen LogP contribution is -2.55. The van der Waals surface area contributed by atoms with E-state index in [1.807, 2.05) is 84.5 Å². The quantitative estimate of drug-likeness (QED) is 0.646. The largest absolute Gasteiger partial charge is 0.434 e. The summed E-state index contributed by atoms with van der Waals surface area (Å²) in [5.41, 5.74) is 1.13. The minimum absolute atomic E-state index is 0.0759. The van der Waals surface area contributed by atoms with Crippen molar-refractivity contribution in [2.75, 3.05) is 26.0 Å². The molecule has 0 spiro atoms. The highest BCUT2D eigenvalue weighted by Gasteiger charge is 2.47. The van der Waals surface area contributed by atoms with Crippen LogP contribution in [0.4, 0.5) is 5.69 Å². The Balaban J connectivity index is 1.78. The highest BCUT2D eigenvalue weighted by Crippen LogP contribution is 2.40. The van der Waals surface area contributed by atoms with E-state index in [-0.39, 0.29) is 18.6 Å². The summed E-state index contributed by atoms with van der Waals surface area (Å²) >= 11 is 0. The van der Waals surface area contributed by atoms with Crippen molar-refractivity contribution < 1.29 is 9.53 Å². The number of aromatic nitrogens is 2. The average molecular weight is 393 g/mol. The molecule has 2 aromatic carbocycles. The van der Waals surface area contributed by atoms with Gasteiger partial charge in [-0.05, 0) is 45.1 Å². The lowest BCUT2D eigenvalue weighted by molar-refractivity contribution is -0.183. The molecule has 1 aliphatic carbocycles. The van der Waals surface area contributed by atoms with E-state index in [1.54, 1.807) is 0 Å². The SMILES string of the molecule is CN(C)CC(=O)OC1(n2ncc3ccccc32)CCCCC1Nc1ccccc1. The van der Waals surface area contributed by atoms with Crippen LogP contribution in [0, 0.1) is 0 Å². The summed E-state index contributed by atoms with van der Waals surface area (Å²) in [6, 6.07) is 18.1. The van der Waals surface area contributed by atoms with Crippen molar-refractivity contribution in [1.82, 2.24) is 14.7 Å². The number of nitrogens with zero attached hydrogens (tertiary/aromatic N) is 3. The maximum atomic E-state index is 12.8. The normalized spacial score (nSPS) is 22.0. The molecular weight excluding hydrogens is 364 g/mol. The van der Waals surface area contributed by atoms with E-state index >= 15 is 0 Å². The van der Waals surface area contributed by atoms with Gasteiger partial charge in [-0.1, -0.05) is 42.8 Å². The zero-order valence-corrected chi connectivity index (χ0v) is 17.0. The van der Waals surface area contributed by atoms with Gasteiger partial charge in [0.1, 0.15) is 0 Å². The molecule has 1 N–H and O–H groups in total. The van der Waals surface area contributed by atoms with Crippen LogP contribution in [0.5, 0.6) is 0 Å². The minimum Gasteiger partial charge on any atom is -0.434 e. The Morgan fingerprint density at radius 2 is 1.93 bits per heavy atom. The van der Waals surface area contributed by atoms with Crippen molar-refractivity contribution in [3.05, 3.63) is 60.8 Å². The summed E-state index contributed by atoms with van der Waals surface area (Å²) in [5, 5.41) is 9.37. The number of esters is 1. The third kappa shape index (κ3) is 3.98. The summed E-state index contributed by atoms with van der Waals surface area (Å²) in [6.07, 6.45) is 5.54. The topological polar surface area (TPSA) is 59.4 Å². The van der Waals surface area contributed by atoms with Crippen LogP contribution in [-0.2, 0) is 15.3 Å². The molecule has 1 saturated carbocycles. The number of carbonyl (C=O) groups is 1. The van der Waals surface area contributed by atoms with Gasteiger partial charge >= 0.3 is 5.97 Å². The van der Waals surface area contributed by atoms with E-state index in [0.717, 1.165) is 42.3 Å². The van der Waals surface area contributed by atoms with Gasteiger partial charge in [-0.25, -0.2) is 4.68 Å². The van der Waals surface area contributed by atoms with Crippen molar-refractivity contribution in [2.24, 2.45) is 0 Å². The van der Waals surface area contributed by atoms with Crippen LogP contribution in [0.3, 0.4) is 0 Å². The van der Waals surface area contributed by atoms with Crippen LogP contribution in [0.2, 0.25) is 0 Å². The molecule has 0 amide bonds. The number of likely N-dealkylation sites (N-methyl/N-ethyl adjacent to an activating group) is 1. The first-order valence-electron chi connectivity index (χ1n) is 10.2. The first-order chi connectivity index (χ1) is 14.1. The number of hydrogen-bond acceptors (Lipinski definition) is 5. The third-order valence-electron chi connectivity index (χ3n) is 5.51. The summed E-state index contributed by atoms with van der Waals surface area (Å²) in [4.78, 5) is 14.7. The van der Waals surface area contributed by atoms with E-state index in [1.165, 1.54) is 0 Å². The van der Waals surface area contributed by atoms with E-state index in [0.29, 0.717) is 0 Å². The molecule has 6 nitrogen and oxygen atoms in total. The Morgan fingerprint density at radius 3 is 2.72 bits per heavy atom. The molecule has 4 rings (SSSR count). The second-order valence-electron chi connectivity index (χ2n) is 7.98. The van der Waals surface area contributed by atoms with Gasteiger partial charge < -0.3 is 10.1 Å². The maximum Gasteiger partial charge on any atom is 0.322 e. The zero-order chi connectivity index (χ0) is 20.3. The van der Waals surface area contributed by atoms with Crippen LogP contribution in [-0.4, -0.2) is 47.3 Å². The molecule has 0 bridgehead atoms. The fourth-order valence-electron chi connectivity index (χ4n) is 4.23. The Morgan fingerprint density at radius 1 is 1.17 bits per heavy atom. The lowest BCUT2D eigenvalue weighted by Gasteiger charge is -2.44. The number of anilines is 1. The van der Waals surface area contributed by atoms with Gasteiger partial charge in [0.05, 0.1) is 24.3 Å². The standard InChI is InChI=1S/C23H28N4O2/c1-26(2)17-22(28)29-23(27-20-13-7-6-10-18(20)16-24-27)15-9-8-14-21(23)25-19-11-4-3-5-12-19/h3-7,10-13,16,21,25H,8-9,14-15,17H2,1-2H3. The van der Waals surface area contributed by atoms with E-state index in [4.69, 9.17) is 9.84 Å². The van der Waals surface area contributed by atoms with Crippen LogP contribution in [0.15, 0.2) is 60.8 Å². The number of benzene rings is 2. The van der Waals surface area contributed by atoms with Crippen molar-refractivity contribution in [3.63, 3.8) is 0 Å². The molecule has 29 heavy (non-hydrogen) atoms. The smallest absolute Gasteiger partial charge is 0.322 e. The molecule has 1 fully saturated rings. The molecule has 3 aromatic rings. The monoisotopic (exact) mass is 392 g/mol. The second-order valence-corrected chi connectivity index (χ2v) is 7.98. The molecule has 6 heteroatoms. The third-order valence-corrected chi connectivity index (χ3v) is 5.51. The first-order valence-corrected chi connectivity index (χ1v) is 10.2. The van der Waals surface area contributed by atoms with Crippen LogP contribution >= 0.6 is 0 Å². The fourth-order valence-corrected chi connectivity index (χ4v) is 4.23. The predicted molar refractivity (Wildman–Crippen MR) is 115 cm³/mol. The van der Waals surface area contributed by atoms with Gasteiger partial charge in [0.25, 0.3) is 0 Å². The van der Waals surface area contributed by atoms with Crippen molar-refractivity contribution in [3.8, 4) is 0 Å². The second kappa shape index (κ2) is 8.25. The van der Waals surface area contributed by atoms with Gasteiger partial charge in [0.2, 0.25) is 5.72 Å². The molecule has 1 aromatic heterocycles. The molecule has 0 saturated heterocycles. The van der Waals surface area contributed by atoms with Gasteiger partial charge in [0, 0.05) is 17.5 Å². The Labute approximate surface area is 171 Å². The first kappa shape index (κ1) is 19.5. The lowest BCUT2D eigenvalue weighted by atomic mass is 9.86. The van der Waals surface area contributed by atoms with Gasteiger partial charge in [-0.15, -0.1) is 0 Å². The van der Waals surface area contributed by atoms with Crippen LogP contribution < -0.4 is 5.32 Å². The van der Waals surface area contributed by atoms with Crippen molar-refractivity contribution in [2.45, 2.75) is 37.5 Å². The van der Waals surface area contributed by atoms with Gasteiger partial charge in [-0.2, -0.15) is 5.10 Å². The summed E-state index contributed by atoms with van der Waals surface area (Å²) < 4.78 is 8.21. The Hall–Kier alpha value is -2.86. The van der Waals surface area contributed by atoms with E-state index < -0.39 is 5.72 Å². The number of carbonyl (C=O) groups excluding carboxylic acids is 1. The molecule has 2 atom stereocenters. The number of ether oxygens (including phenoxy) is 1. The average Bonchev–Trinajstić information content (AvgIpc) is 3.14. The summed E-state index contributed by atoms with van der Waals surface area (Å²) in [6.45, 7) is 0.235. The Bertz CT molecular complexity index is 969. The summed E-state index contributed by atoms with van der Waals surface area (Å²) in [5.74, 6) is -0.239. The van der Waals surface area contributed by atoms with E-state index in [2.05, 4.69) is 5.32 Å². The minimum atomic E-state index is -0.871. The zero-order valence-electron chi connectivity index (χ0n) is 17.0. The molecular formula is C23H28N4O2. The Kier molecular flexibility index (Phi) is 5.53. The number of para-hydroxylation sites is 2. The number of nitrogens with one attached hydrogen (secondary N) is 1. The van der Waals surface area contributed by atoms with Crippen LogP contribution in [0.1, 0.15) is 25.7 Å². The molecule has 0 aliphatic heterocycles. The van der Waals surface area contributed by atoms with Crippen LogP contribution in [0.25, 0.3) is 10.9 Å². The molecule has 1 aliphatic rings. The van der Waals surface area contributed by atoms with Crippen molar-refractivity contribution >= 4 is 22.6 Å². The fraction of sp³-hybridized carbons (Fsp3) is 0.391. The maximum absolute atomic E-state index is 12.8. The summed E-state index contributed by atoms with van der Waals surface area (Å²) in [7, 11) is 3.75. The molecule has 152 valence electrons.